The molecule has 3 N–H and O–H groups in total. The average Bonchev–Trinajstić information content (AvgIpc) is 3.96. The summed E-state index contributed by atoms with van der Waals surface area (Å²) in [5.74, 6) is 1.04. The monoisotopic (exact) mass is 1110 g/mol. The molecule has 1 aliphatic heterocycles. The first-order valence-corrected chi connectivity index (χ1v) is 30.7. The topological polar surface area (TPSA) is 142 Å². The van der Waals surface area contributed by atoms with Gasteiger partial charge in [-0.05, 0) is 100 Å². The smallest absolute Gasteiger partial charge is 0.330 e. The van der Waals surface area contributed by atoms with Gasteiger partial charge >= 0.3 is 5.69 Å². The van der Waals surface area contributed by atoms with Crippen molar-refractivity contribution >= 4 is 25.9 Å². The van der Waals surface area contributed by atoms with E-state index in [9.17, 15) is 9.59 Å². The van der Waals surface area contributed by atoms with Crippen molar-refractivity contribution in [2.75, 3.05) is 47.1 Å². The van der Waals surface area contributed by atoms with Gasteiger partial charge in [-0.3, -0.25) is 14.3 Å². The SMILES string of the molecule is [C-]#[N+]CCOP(OC1[C@@H](COC(c2ccccc2)(c2ccc(OC)cc2)c2ccc(OC)cc2)O[C@@H](n2ccc(=O)[nH]c2=O)[C@H]1CCCCCCCNC(=S)NCCCCCCCCCCCCCCC)N(C(C)C)C(C)C. The second kappa shape index (κ2) is 35.9. The van der Waals surface area contributed by atoms with Gasteiger partial charge in [0.15, 0.2) is 5.11 Å². The molecule has 3 aromatic carbocycles. The summed E-state index contributed by atoms with van der Waals surface area (Å²) < 4.78 is 43.5. The minimum absolute atomic E-state index is 0.0282. The van der Waals surface area contributed by atoms with Crippen LogP contribution in [0.5, 0.6) is 11.5 Å². The number of H-pyrrole nitrogens is 1. The quantitative estimate of drug-likeness (QED) is 0.0129. The van der Waals surface area contributed by atoms with E-state index in [1.165, 1.54) is 93.9 Å². The van der Waals surface area contributed by atoms with Crippen molar-refractivity contribution < 1.29 is 28.0 Å². The van der Waals surface area contributed by atoms with Crippen LogP contribution in [0, 0.1) is 12.5 Å². The molecule has 14 nitrogen and oxygen atoms in total. The Morgan fingerprint density at radius 1 is 0.731 bits per heavy atom. The fourth-order valence-electron chi connectivity index (χ4n) is 10.6. The molecule has 0 aliphatic carbocycles. The Balaban J connectivity index is 1.31. The molecular weight excluding hydrogens is 1020 g/mol. The van der Waals surface area contributed by atoms with Crippen LogP contribution < -0.4 is 31.4 Å². The van der Waals surface area contributed by atoms with Crippen molar-refractivity contribution in [3.63, 3.8) is 0 Å². The molecule has 5 atom stereocenters. The highest BCUT2D eigenvalue weighted by Crippen LogP contribution is 2.53. The van der Waals surface area contributed by atoms with E-state index in [0.717, 1.165) is 73.4 Å². The van der Waals surface area contributed by atoms with Gasteiger partial charge in [-0.2, -0.15) is 0 Å². The molecule has 0 radical (unpaired) electrons. The maximum Gasteiger partial charge on any atom is 0.330 e. The Hall–Kier alpha value is -4.65. The van der Waals surface area contributed by atoms with Gasteiger partial charge in [0.05, 0.1) is 20.8 Å². The highest BCUT2D eigenvalue weighted by molar-refractivity contribution is 7.80. The molecule has 2 heterocycles. The number of benzene rings is 3. The highest BCUT2D eigenvalue weighted by atomic mass is 32.1. The number of ether oxygens (including phenoxy) is 4. The number of aromatic nitrogens is 2. The molecule has 5 rings (SSSR count). The standard InChI is InChI=1S/C62H93N6O8PS/c1-9-10-11-12-13-14-15-16-17-18-19-22-28-42-64-60(78)65-43-29-23-20-21-27-32-55-58(76-77(74-46-44-63-6)68(48(2)3)49(4)5)56(75-59(55)67-45-41-57(69)66-61(67)70)47-73-62(50-30-25-24-26-31-50,51-33-37-53(71-7)38-34-51)52-35-39-54(72-8)40-36-52/h24-26,30-31,33-41,45,48-49,55-56,58-59H,9-23,27-29,32,42-44,46-47H2,1-5,7-8H3,(H2,64,65,78)(H,66,69,70)/t55-,56+,58?,59+,77?/m0/s1. The summed E-state index contributed by atoms with van der Waals surface area (Å²) >= 11 is 5.62. The fourth-order valence-corrected chi connectivity index (χ4v) is 12.6. The molecule has 1 saturated heterocycles. The number of rotatable bonds is 39. The number of thiocarbonyl (C=S) groups is 1. The van der Waals surface area contributed by atoms with E-state index in [0.29, 0.717) is 17.9 Å². The average molecular weight is 1110 g/mol. The van der Waals surface area contributed by atoms with Crippen molar-refractivity contribution in [3.05, 3.63) is 140 Å². The number of nitrogens with one attached hydrogen (secondary N) is 3. The summed E-state index contributed by atoms with van der Waals surface area (Å²) in [6.45, 7) is 20.4. The lowest BCUT2D eigenvalue weighted by Gasteiger charge is -2.39. The maximum absolute atomic E-state index is 13.8. The number of nitrogens with zero attached hydrogens (tertiary/aromatic N) is 3. The van der Waals surface area contributed by atoms with E-state index >= 15 is 0 Å². The van der Waals surface area contributed by atoms with Gasteiger partial charge in [-0.1, -0.05) is 164 Å². The van der Waals surface area contributed by atoms with Crippen LogP contribution in [0.15, 0.2) is 101 Å². The summed E-state index contributed by atoms with van der Waals surface area (Å²) in [5, 5.41) is 7.54. The van der Waals surface area contributed by atoms with Crippen molar-refractivity contribution in [1.29, 1.82) is 0 Å². The maximum atomic E-state index is 13.8. The Morgan fingerprint density at radius 2 is 1.23 bits per heavy atom. The van der Waals surface area contributed by atoms with E-state index in [4.69, 9.17) is 46.8 Å². The fraction of sp³-hybridized carbons (Fsp3) is 0.613. The highest BCUT2D eigenvalue weighted by Gasteiger charge is 2.50. The van der Waals surface area contributed by atoms with Crippen LogP contribution in [0.2, 0.25) is 0 Å². The molecule has 0 bridgehead atoms. The molecule has 4 aromatic rings. The molecule has 0 saturated carbocycles. The summed E-state index contributed by atoms with van der Waals surface area (Å²) in [6, 6.07) is 27.3. The molecule has 1 fully saturated rings. The van der Waals surface area contributed by atoms with Crippen molar-refractivity contribution in [1.82, 2.24) is 24.9 Å². The minimum atomic E-state index is -1.75. The van der Waals surface area contributed by atoms with Crippen molar-refractivity contribution in [2.45, 2.75) is 193 Å². The Morgan fingerprint density at radius 3 is 1.72 bits per heavy atom. The van der Waals surface area contributed by atoms with Crippen LogP contribution in [0.3, 0.4) is 0 Å². The van der Waals surface area contributed by atoms with Gasteiger partial charge in [0.25, 0.3) is 14.1 Å². The molecule has 1 aliphatic rings. The molecule has 0 spiro atoms. The van der Waals surface area contributed by atoms with Crippen LogP contribution >= 0.6 is 20.7 Å². The first-order valence-electron chi connectivity index (χ1n) is 29.2. The lowest BCUT2D eigenvalue weighted by atomic mass is 9.80. The first kappa shape index (κ1) is 64.2. The van der Waals surface area contributed by atoms with E-state index in [1.54, 1.807) is 14.2 Å². The number of unbranched alkanes of at least 4 members (excludes halogenated alkanes) is 16. The largest absolute Gasteiger partial charge is 0.497 e. The van der Waals surface area contributed by atoms with E-state index in [2.05, 4.69) is 71.9 Å². The van der Waals surface area contributed by atoms with Crippen LogP contribution in [-0.4, -0.2) is 90.7 Å². The number of hydrogen-bond acceptors (Lipinski definition) is 10. The van der Waals surface area contributed by atoms with Gasteiger partial charge in [0.2, 0.25) is 6.54 Å². The zero-order chi connectivity index (χ0) is 56.0. The number of hydrogen-bond donors (Lipinski definition) is 3. The molecule has 2 unspecified atom stereocenters. The predicted molar refractivity (Wildman–Crippen MR) is 320 cm³/mol. The van der Waals surface area contributed by atoms with Crippen LogP contribution in [0.4, 0.5) is 0 Å². The molecule has 78 heavy (non-hydrogen) atoms. The van der Waals surface area contributed by atoms with Crippen molar-refractivity contribution in [3.8, 4) is 11.5 Å². The van der Waals surface area contributed by atoms with Crippen LogP contribution in [0.25, 0.3) is 4.85 Å². The number of aromatic amines is 1. The van der Waals surface area contributed by atoms with E-state index in [-0.39, 0.29) is 37.8 Å². The van der Waals surface area contributed by atoms with Gasteiger partial charge in [-0.25, -0.2) is 16.0 Å². The predicted octanol–water partition coefficient (Wildman–Crippen LogP) is 13.6. The minimum Gasteiger partial charge on any atom is -0.497 e. The Labute approximate surface area is 473 Å². The molecule has 430 valence electrons. The summed E-state index contributed by atoms with van der Waals surface area (Å²) in [4.78, 5) is 32.4. The Kier molecular flexibility index (Phi) is 29.5. The van der Waals surface area contributed by atoms with E-state index < -0.39 is 43.8 Å². The van der Waals surface area contributed by atoms with E-state index in [1.807, 2.05) is 66.7 Å². The van der Waals surface area contributed by atoms with Gasteiger partial charge < -0.3 is 43.5 Å². The molecule has 0 amide bonds. The van der Waals surface area contributed by atoms with Gasteiger partial charge in [-0.15, -0.1) is 0 Å². The third-order valence-electron chi connectivity index (χ3n) is 14.7. The molecule has 16 heteroatoms. The van der Waals surface area contributed by atoms with Crippen LogP contribution in [-0.2, 0) is 24.1 Å². The van der Waals surface area contributed by atoms with Gasteiger partial charge in [0.1, 0.15) is 42.1 Å². The normalized spacial score (nSPS) is 16.9. The zero-order valence-electron chi connectivity index (χ0n) is 48.1. The number of methoxy groups -OCH3 is 2. The second-order valence-corrected chi connectivity index (χ2v) is 22.9. The second-order valence-electron chi connectivity index (χ2n) is 21.1. The summed E-state index contributed by atoms with van der Waals surface area (Å²) in [6.07, 6.45) is 22.2. The van der Waals surface area contributed by atoms with Crippen LogP contribution in [0.1, 0.15) is 180 Å². The summed E-state index contributed by atoms with van der Waals surface area (Å²) in [7, 11) is 1.54. The molecule has 1 aromatic heterocycles. The van der Waals surface area contributed by atoms with Crippen molar-refractivity contribution in [2.24, 2.45) is 5.92 Å². The third kappa shape index (κ3) is 20.2. The lowest BCUT2D eigenvalue weighted by Crippen LogP contribution is -2.41. The summed E-state index contributed by atoms with van der Waals surface area (Å²) in [5.41, 5.74) is 0.360. The first-order chi connectivity index (χ1) is 38.0. The third-order valence-corrected chi connectivity index (χ3v) is 17.1. The zero-order valence-corrected chi connectivity index (χ0v) is 49.8. The molecular formula is C62H93N6O8PS. The lowest BCUT2D eigenvalue weighted by molar-refractivity contribution is -0.0933. The Bertz CT molecular complexity index is 2380. The van der Waals surface area contributed by atoms with Gasteiger partial charge in [0, 0.05) is 43.4 Å².